The number of methoxy groups -OCH3 is 1. The van der Waals surface area contributed by atoms with E-state index in [0.29, 0.717) is 17.4 Å². The van der Waals surface area contributed by atoms with Crippen LogP contribution < -0.4 is 15.7 Å². The molecule has 2 aromatic carbocycles. The number of para-hydroxylation sites is 1. The van der Waals surface area contributed by atoms with Gasteiger partial charge in [-0.1, -0.05) is 24.3 Å². The molecule has 28 heavy (non-hydrogen) atoms. The molecule has 0 bridgehead atoms. The van der Waals surface area contributed by atoms with Crippen molar-refractivity contribution in [2.75, 3.05) is 13.7 Å². The van der Waals surface area contributed by atoms with Gasteiger partial charge in [-0.25, -0.2) is 4.79 Å². The fourth-order valence-electron chi connectivity index (χ4n) is 3.79. The highest BCUT2D eigenvalue weighted by molar-refractivity contribution is 5.96. The van der Waals surface area contributed by atoms with E-state index in [-0.39, 0.29) is 12.1 Å². The standard InChI is InChI=1S/C22H21NO5/c1-27-16-8-9-18-14(11-16)6-4-10-22(18,26)13-23-20(24)17-12-15-5-2-3-7-19(15)28-21(17)25/h2-3,5,7-9,11-12,26H,4,6,10,13H2,1H3,(H,23,24). The van der Waals surface area contributed by atoms with Gasteiger partial charge < -0.3 is 19.6 Å². The molecular formula is C22H21NO5. The van der Waals surface area contributed by atoms with Crippen LogP contribution in [0.5, 0.6) is 5.75 Å². The Labute approximate surface area is 161 Å². The summed E-state index contributed by atoms with van der Waals surface area (Å²) < 4.78 is 10.5. The molecule has 144 valence electrons. The van der Waals surface area contributed by atoms with Crippen LogP contribution in [0, 0.1) is 0 Å². The van der Waals surface area contributed by atoms with Gasteiger partial charge in [-0.3, -0.25) is 4.79 Å². The lowest BCUT2D eigenvalue weighted by molar-refractivity contribution is 0.0188. The van der Waals surface area contributed by atoms with Crippen molar-refractivity contribution in [2.24, 2.45) is 0 Å². The first-order valence-corrected chi connectivity index (χ1v) is 9.21. The van der Waals surface area contributed by atoms with Crippen LogP contribution in [0.4, 0.5) is 0 Å². The van der Waals surface area contributed by atoms with Crippen molar-refractivity contribution in [1.29, 1.82) is 0 Å². The van der Waals surface area contributed by atoms with Crippen LogP contribution in [-0.2, 0) is 12.0 Å². The van der Waals surface area contributed by atoms with E-state index in [1.165, 1.54) is 6.07 Å². The van der Waals surface area contributed by atoms with Crippen molar-refractivity contribution in [3.05, 3.63) is 75.6 Å². The van der Waals surface area contributed by atoms with E-state index in [1.54, 1.807) is 37.4 Å². The first-order chi connectivity index (χ1) is 13.5. The Hall–Kier alpha value is -3.12. The maximum atomic E-state index is 12.6. The number of aryl methyl sites for hydroxylation is 1. The number of hydrogen-bond donors (Lipinski definition) is 2. The largest absolute Gasteiger partial charge is 0.497 e. The van der Waals surface area contributed by atoms with Crippen molar-refractivity contribution >= 4 is 16.9 Å². The number of ether oxygens (including phenoxy) is 1. The lowest BCUT2D eigenvalue weighted by Gasteiger charge is -2.34. The third kappa shape index (κ3) is 3.27. The van der Waals surface area contributed by atoms with Crippen molar-refractivity contribution in [3.8, 4) is 5.75 Å². The topological polar surface area (TPSA) is 88.8 Å². The Morgan fingerprint density at radius 3 is 2.89 bits per heavy atom. The first-order valence-electron chi connectivity index (χ1n) is 9.21. The Balaban J connectivity index is 1.57. The predicted molar refractivity (Wildman–Crippen MR) is 105 cm³/mol. The number of amides is 1. The molecule has 3 aromatic rings. The molecule has 0 fully saturated rings. The van der Waals surface area contributed by atoms with Crippen LogP contribution in [0.3, 0.4) is 0 Å². The van der Waals surface area contributed by atoms with Crippen LogP contribution in [-0.4, -0.2) is 24.7 Å². The summed E-state index contributed by atoms with van der Waals surface area (Å²) in [6, 6.07) is 14.1. The summed E-state index contributed by atoms with van der Waals surface area (Å²) in [6.45, 7) is 0.0113. The Morgan fingerprint density at radius 1 is 1.25 bits per heavy atom. The molecule has 0 aliphatic heterocycles. The van der Waals surface area contributed by atoms with E-state index in [4.69, 9.17) is 9.15 Å². The van der Waals surface area contributed by atoms with Gasteiger partial charge in [0.1, 0.15) is 22.5 Å². The molecule has 6 heteroatoms. The normalized spacial score (nSPS) is 18.5. The number of hydrogen-bond acceptors (Lipinski definition) is 5. The van der Waals surface area contributed by atoms with Gasteiger partial charge in [0.05, 0.1) is 13.7 Å². The number of fused-ring (bicyclic) bond motifs is 2. The molecule has 1 atom stereocenters. The molecule has 1 amide bonds. The van der Waals surface area contributed by atoms with Crippen LogP contribution >= 0.6 is 0 Å². The fourth-order valence-corrected chi connectivity index (χ4v) is 3.79. The van der Waals surface area contributed by atoms with Crippen molar-refractivity contribution in [2.45, 2.75) is 24.9 Å². The van der Waals surface area contributed by atoms with E-state index in [2.05, 4.69) is 5.32 Å². The van der Waals surface area contributed by atoms with Crippen LogP contribution in [0.15, 0.2) is 57.7 Å². The minimum absolute atomic E-state index is 0.0113. The number of rotatable bonds is 4. The summed E-state index contributed by atoms with van der Waals surface area (Å²) >= 11 is 0. The number of nitrogens with one attached hydrogen (secondary N) is 1. The summed E-state index contributed by atoms with van der Waals surface area (Å²) in [5, 5.41) is 14.5. The van der Waals surface area contributed by atoms with Gasteiger partial charge in [-0.05, 0) is 54.7 Å². The van der Waals surface area contributed by atoms with E-state index >= 15 is 0 Å². The van der Waals surface area contributed by atoms with Gasteiger partial charge in [0.15, 0.2) is 0 Å². The smallest absolute Gasteiger partial charge is 0.349 e. The van der Waals surface area contributed by atoms with E-state index < -0.39 is 17.1 Å². The maximum absolute atomic E-state index is 12.6. The van der Waals surface area contributed by atoms with E-state index in [1.807, 2.05) is 12.1 Å². The number of aliphatic hydroxyl groups is 1. The number of benzene rings is 2. The Kier molecular flexibility index (Phi) is 4.65. The average Bonchev–Trinajstić information content (AvgIpc) is 2.71. The molecule has 1 heterocycles. The molecule has 6 nitrogen and oxygen atoms in total. The SMILES string of the molecule is COc1ccc2c(c1)CCCC2(O)CNC(=O)c1cc2ccccc2oc1=O. The van der Waals surface area contributed by atoms with Crippen LogP contribution in [0.1, 0.15) is 34.3 Å². The average molecular weight is 379 g/mol. The van der Waals surface area contributed by atoms with Crippen molar-refractivity contribution < 1.29 is 19.1 Å². The zero-order valence-corrected chi connectivity index (χ0v) is 15.5. The lowest BCUT2D eigenvalue weighted by atomic mass is 9.79. The van der Waals surface area contributed by atoms with Crippen LogP contribution in [0.25, 0.3) is 11.0 Å². The first kappa shape index (κ1) is 18.3. The highest BCUT2D eigenvalue weighted by atomic mass is 16.5. The van der Waals surface area contributed by atoms with Gasteiger partial charge in [-0.15, -0.1) is 0 Å². The molecule has 0 saturated carbocycles. The minimum atomic E-state index is -1.19. The highest BCUT2D eigenvalue weighted by Gasteiger charge is 2.35. The monoisotopic (exact) mass is 379 g/mol. The fraction of sp³-hybridized carbons (Fsp3) is 0.273. The second-order valence-electron chi connectivity index (χ2n) is 7.08. The maximum Gasteiger partial charge on any atom is 0.349 e. The Morgan fingerprint density at radius 2 is 2.07 bits per heavy atom. The molecule has 1 aromatic heterocycles. The van der Waals surface area contributed by atoms with Gasteiger partial charge in [0, 0.05) is 5.39 Å². The highest BCUT2D eigenvalue weighted by Crippen LogP contribution is 2.36. The van der Waals surface area contributed by atoms with Gasteiger partial charge in [0.2, 0.25) is 0 Å². The quantitative estimate of drug-likeness (QED) is 0.681. The van der Waals surface area contributed by atoms with E-state index in [9.17, 15) is 14.7 Å². The molecule has 0 radical (unpaired) electrons. The molecule has 1 unspecified atom stereocenters. The third-order valence-corrected chi connectivity index (χ3v) is 5.28. The van der Waals surface area contributed by atoms with Crippen LogP contribution in [0.2, 0.25) is 0 Å². The molecule has 4 rings (SSSR count). The second-order valence-corrected chi connectivity index (χ2v) is 7.08. The molecule has 2 N–H and O–H groups in total. The molecular weight excluding hydrogens is 358 g/mol. The van der Waals surface area contributed by atoms with Crippen molar-refractivity contribution in [3.63, 3.8) is 0 Å². The lowest BCUT2D eigenvalue weighted by Crippen LogP contribution is -2.43. The summed E-state index contributed by atoms with van der Waals surface area (Å²) in [7, 11) is 1.60. The molecule has 1 aliphatic carbocycles. The predicted octanol–water partition coefficient (Wildman–Crippen LogP) is 2.76. The zero-order chi connectivity index (χ0) is 19.7. The van der Waals surface area contributed by atoms with Gasteiger partial charge >= 0.3 is 5.63 Å². The molecule has 1 aliphatic rings. The summed E-state index contributed by atoms with van der Waals surface area (Å²) in [6.07, 6.45) is 2.17. The van der Waals surface area contributed by atoms with E-state index in [0.717, 1.165) is 29.7 Å². The summed E-state index contributed by atoms with van der Waals surface area (Å²) in [5.74, 6) is 0.175. The zero-order valence-electron chi connectivity index (χ0n) is 15.5. The van der Waals surface area contributed by atoms with Gasteiger partial charge in [-0.2, -0.15) is 0 Å². The number of carbonyl (C=O) groups excluding carboxylic acids is 1. The molecule has 0 saturated heterocycles. The second kappa shape index (κ2) is 7.13. The van der Waals surface area contributed by atoms with Gasteiger partial charge in [0.25, 0.3) is 5.91 Å². The molecule has 0 spiro atoms. The summed E-state index contributed by atoms with van der Waals surface area (Å²) in [5.41, 5.74) is 0.257. The van der Waals surface area contributed by atoms with Crippen molar-refractivity contribution in [1.82, 2.24) is 5.32 Å². The number of carbonyl (C=O) groups is 1. The summed E-state index contributed by atoms with van der Waals surface area (Å²) in [4.78, 5) is 24.8. The Bertz CT molecular complexity index is 1100. The minimum Gasteiger partial charge on any atom is -0.497 e. The third-order valence-electron chi connectivity index (χ3n) is 5.28.